The van der Waals surface area contributed by atoms with E-state index >= 15 is 0 Å². The Bertz CT molecular complexity index is 363. The van der Waals surface area contributed by atoms with Gasteiger partial charge in [-0.15, -0.1) is 0 Å². The Hall–Kier alpha value is -1.30. The van der Waals surface area contributed by atoms with Crippen molar-refractivity contribution in [1.82, 2.24) is 16.0 Å². The third-order valence-electron chi connectivity index (χ3n) is 4.33. The molecular formula is C15H27N3O3. The number of urea groups is 1. The molecule has 2 aliphatic carbocycles. The van der Waals surface area contributed by atoms with E-state index in [4.69, 9.17) is 5.11 Å². The first kappa shape index (κ1) is 16.1. The van der Waals surface area contributed by atoms with Crippen molar-refractivity contribution >= 4 is 12.0 Å². The molecule has 0 heterocycles. The lowest BCUT2D eigenvalue weighted by atomic mass is 9.79. The highest BCUT2D eigenvalue weighted by Gasteiger charge is 2.35. The van der Waals surface area contributed by atoms with Gasteiger partial charge >= 0.3 is 12.0 Å². The number of aliphatic carboxylic acids is 1. The van der Waals surface area contributed by atoms with Gasteiger partial charge in [-0.25, -0.2) is 4.79 Å². The molecule has 0 spiro atoms. The predicted molar refractivity (Wildman–Crippen MR) is 80.2 cm³/mol. The number of carboxylic acids is 1. The van der Waals surface area contributed by atoms with Gasteiger partial charge in [0.1, 0.15) is 0 Å². The molecule has 6 heteroatoms. The van der Waals surface area contributed by atoms with E-state index in [2.05, 4.69) is 16.0 Å². The maximum absolute atomic E-state index is 12.0. The molecular weight excluding hydrogens is 270 g/mol. The Morgan fingerprint density at radius 1 is 1.10 bits per heavy atom. The zero-order valence-corrected chi connectivity index (χ0v) is 12.6. The molecule has 120 valence electrons. The van der Waals surface area contributed by atoms with E-state index in [-0.39, 0.29) is 12.5 Å². The van der Waals surface area contributed by atoms with Gasteiger partial charge in [-0.2, -0.15) is 0 Å². The molecule has 0 aromatic rings. The van der Waals surface area contributed by atoms with E-state index in [1.54, 1.807) is 0 Å². The van der Waals surface area contributed by atoms with E-state index in [0.29, 0.717) is 12.6 Å². The Labute approximate surface area is 126 Å². The van der Waals surface area contributed by atoms with Gasteiger partial charge in [0, 0.05) is 12.6 Å². The Balaban J connectivity index is 1.68. The first-order valence-corrected chi connectivity index (χ1v) is 8.11. The fraction of sp³-hybridized carbons (Fsp3) is 0.867. The van der Waals surface area contributed by atoms with Gasteiger partial charge in [-0.3, -0.25) is 4.79 Å². The van der Waals surface area contributed by atoms with E-state index in [0.717, 1.165) is 45.1 Å². The van der Waals surface area contributed by atoms with Gasteiger partial charge in [-0.1, -0.05) is 19.3 Å². The minimum Gasteiger partial charge on any atom is -0.481 e. The number of hydrogen-bond donors (Lipinski definition) is 4. The minimum atomic E-state index is -0.842. The summed E-state index contributed by atoms with van der Waals surface area (Å²) in [6.45, 7) is 1.54. The standard InChI is InChI=1S/C15H27N3O3/c19-13(20)11-15(7-2-1-3-8-15)18-14(21)17-10-4-9-16-12-5-6-12/h12,16H,1-11H2,(H,19,20)(H2,17,18,21). The predicted octanol–water partition coefficient (Wildman–Crippen LogP) is 1.61. The fourth-order valence-corrected chi connectivity index (χ4v) is 3.03. The molecule has 6 nitrogen and oxygen atoms in total. The molecule has 2 aliphatic rings. The summed E-state index contributed by atoms with van der Waals surface area (Å²) in [4.78, 5) is 23.0. The van der Waals surface area contributed by atoms with Crippen molar-refractivity contribution in [1.29, 1.82) is 0 Å². The second-order valence-electron chi connectivity index (χ2n) is 6.37. The Kier molecular flexibility index (Phi) is 5.85. The molecule has 0 saturated heterocycles. The monoisotopic (exact) mass is 297 g/mol. The highest BCUT2D eigenvalue weighted by atomic mass is 16.4. The molecule has 0 bridgehead atoms. The van der Waals surface area contributed by atoms with Gasteiger partial charge in [0.25, 0.3) is 0 Å². The fourth-order valence-electron chi connectivity index (χ4n) is 3.03. The van der Waals surface area contributed by atoms with Crippen molar-refractivity contribution in [2.24, 2.45) is 0 Å². The molecule has 2 rings (SSSR count). The van der Waals surface area contributed by atoms with Gasteiger partial charge < -0.3 is 21.1 Å². The van der Waals surface area contributed by atoms with Crippen LogP contribution in [0.5, 0.6) is 0 Å². The summed E-state index contributed by atoms with van der Waals surface area (Å²) in [5.74, 6) is -0.842. The van der Waals surface area contributed by atoms with Gasteiger partial charge in [-0.05, 0) is 38.6 Å². The number of nitrogens with one attached hydrogen (secondary N) is 3. The summed E-state index contributed by atoms with van der Waals surface area (Å²) < 4.78 is 0. The minimum absolute atomic E-state index is 0.0175. The molecule has 0 aliphatic heterocycles. The van der Waals surface area contributed by atoms with Crippen molar-refractivity contribution in [3.05, 3.63) is 0 Å². The average molecular weight is 297 g/mol. The Morgan fingerprint density at radius 3 is 2.43 bits per heavy atom. The van der Waals surface area contributed by atoms with Crippen LogP contribution in [0.15, 0.2) is 0 Å². The van der Waals surface area contributed by atoms with Crippen LogP contribution in [0.2, 0.25) is 0 Å². The summed E-state index contributed by atoms with van der Waals surface area (Å²) in [7, 11) is 0. The summed E-state index contributed by atoms with van der Waals surface area (Å²) in [6.07, 6.45) is 8.07. The number of amides is 2. The first-order valence-electron chi connectivity index (χ1n) is 8.11. The van der Waals surface area contributed by atoms with E-state index in [1.807, 2.05) is 0 Å². The summed E-state index contributed by atoms with van der Waals surface area (Å²) in [6, 6.07) is 0.462. The average Bonchev–Trinajstić information content (AvgIpc) is 3.22. The molecule has 0 aromatic heterocycles. The van der Waals surface area contributed by atoms with Crippen molar-refractivity contribution in [2.45, 2.75) is 69.4 Å². The van der Waals surface area contributed by atoms with E-state index < -0.39 is 11.5 Å². The van der Waals surface area contributed by atoms with Crippen LogP contribution in [0, 0.1) is 0 Å². The Morgan fingerprint density at radius 2 is 1.81 bits per heavy atom. The quantitative estimate of drug-likeness (QED) is 0.512. The highest BCUT2D eigenvalue weighted by molar-refractivity contribution is 5.76. The van der Waals surface area contributed by atoms with Crippen molar-refractivity contribution in [2.75, 3.05) is 13.1 Å². The smallest absolute Gasteiger partial charge is 0.315 e. The maximum atomic E-state index is 12.0. The lowest BCUT2D eigenvalue weighted by Gasteiger charge is -2.36. The number of carbonyl (C=O) groups excluding carboxylic acids is 1. The zero-order chi connectivity index (χ0) is 15.1. The first-order chi connectivity index (χ1) is 10.1. The number of carbonyl (C=O) groups is 2. The second-order valence-corrected chi connectivity index (χ2v) is 6.37. The second kappa shape index (κ2) is 7.64. The number of carboxylic acid groups (broad SMARTS) is 1. The van der Waals surface area contributed by atoms with Crippen LogP contribution >= 0.6 is 0 Å². The van der Waals surface area contributed by atoms with Gasteiger partial charge in [0.2, 0.25) is 0 Å². The van der Waals surface area contributed by atoms with Crippen molar-refractivity contribution in [3.8, 4) is 0 Å². The lowest BCUT2D eigenvalue weighted by Crippen LogP contribution is -2.54. The molecule has 0 unspecified atom stereocenters. The van der Waals surface area contributed by atoms with Crippen LogP contribution in [0.3, 0.4) is 0 Å². The summed E-state index contributed by atoms with van der Waals surface area (Å²) in [5, 5.41) is 18.2. The third-order valence-corrected chi connectivity index (χ3v) is 4.33. The normalized spacial score (nSPS) is 20.8. The van der Waals surface area contributed by atoms with Crippen molar-refractivity contribution < 1.29 is 14.7 Å². The molecule has 21 heavy (non-hydrogen) atoms. The molecule has 2 fully saturated rings. The number of rotatable bonds is 8. The SMILES string of the molecule is O=C(O)CC1(NC(=O)NCCCNC2CC2)CCCCC1. The molecule has 0 radical (unpaired) electrons. The largest absolute Gasteiger partial charge is 0.481 e. The molecule has 2 amide bonds. The molecule has 2 saturated carbocycles. The molecule has 0 aromatic carbocycles. The number of hydrogen-bond acceptors (Lipinski definition) is 3. The maximum Gasteiger partial charge on any atom is 0.315 e. The third kappa shape index (κ3) is 5.91. The lowest BCUT2D eigenvalue weighted by molar-refractivity contribution is -0.139. The van der Waals surface area contributed by atoms with Crippen molar-refractivity contribution in [3.63, 3.8) is 0 Å². The highest BCUT2D eigenvalue weighted by Crippen LogP contribution is 2.31. The summed E-state index contributed by atoms with van der Waals surface area (Å²) >= 11 is 0. The topological polar surface area (TPSA) is 90.5 Å². The van der Waals surface area contributed by atoms with E-state index in [9.17, 15) is 9.59 Å². The van der Waals surface area contributed by atoms with Crippen LogP contribution < -0.4 is 16.0 Å². The molecule has 4 N–H and O–H groups in total. The summed E-state index contributed by atoms with van der Waals surface area (Å²) in [5.41, 5.74) is -0.555. The van der Waals surface area contributed by atoms with E-state index in [1.165, 1.54) is 12.8 Å². The van der Waals surface area contributed by atoms with Crippen LogP contribution in [0.1, 0.15) is 57.8 Å². The van der Waals surface area contributed by atoms with Gasteiger partial charge in [0.05, 0.1) is 12.0 Å². The van der Waals surface area contributed by atoms with Crippen LogP contribution in [0.25, 0.3) is 0 Å². The van der Waals surface area contributed by atoms with Crippen LogP contribution in [-0.4, -0.2) is 41.8 Å². The van der Waals surface area contributed by atoms with Crippen LogP contribution in [0.4, 0.5) is 4.79 Å². The van der Waals surface area contributed by atoms with Crippen LogP contribution in [-0.2, 0) is 4.79 Å². The molecule has 0 atom stereocenters. The zero-order valence-electron chi connectivity index (χ0n) is 12.6. The van der Waals surface area contributed by atoms with Gasteiger partial charge in [0.15, 0.2) is 0 Å².